The molecule has 1 fully saturated rings. The molecule has 3 rings (SSSR count). The first-order valence-corrected chi connectivity index (χ1v) is 8.56. The minimum absolute atomic E-state index is 0.194. The second-order valence-electron chi connectivity index (χ2n) is 5.70. The Kier molecular flexibility index (Phi) is 5.46. The SMILES string of the molecule is O=C(COc1ccc(Cl)cc1Cl)Nc1ccccc1C(=O)NC1CC1. The van der Waals surface area contributed by atoms with Crippen molar-refractivity contribution in [2.45, 2.75) is 18.9 Å². The molecule has 0 unspecified atom stereocenters. The van der Waals surface area contributed by atoms with Gasteiger partial charge in [0.1, 0.15) is 5.75 Å². The number of para-hydroxylation sites is 1. The zero-order valence-electron chi connectivity index (χ0n) is 13.2. The summed E-state index contributed by atoms with van der Waals surface area (Å²) in [6.45, 7) is -0.236. The Bertz CT molecular complexity index is 807. The summed E-state index contributed by atoms with van der Waals surface area (Å²) < 4.78 is 5.40. The van der Waals surface area contributed by atoms with E-state index in [4.69, 9.17) is 27.9 Å². The van der Waals surface area contributed by atoms with E-state index in [1.165, 1.54) is 6.07 Å². The third kappa shape index (κ3) is 4.87. The first kappa shape index (κ1) is 17.6. The highest BCUT2D eigenvalue weighted by Crippen LogP contribution is 2.27. The average Bonchev–Trinajstić information content (AvgIpc) is 3.38. The van der Waals surface area contributed by atoms with Crippen molar-refractivity contribution >= 4 is 40.7 Å². The number of rotatable bonds is 6. The molecule has 2 N–H and O–H groups in total. The second-order valence-corrected chi connectivity index (χ2v) is 6.55. The van der Waals surface area contributed by atoms with Gasteiger partial charge in [-0.2, -0.15) is 0 Å². The Morgan fingerprint density at radius 1 is 1.12 bits per heavy atom. The van der Waals surface area contributed by atoms with E-state index in [1.807, 2.05) is 0 Å². The largest absolute Gasteiger partial charge is 0.482 e. The zero-order valence-corrected chi connectivity index (χ0v) is 14.7. The lowest BCUT2D eigenvalue weighted by molar-refractivity contribution is -0.118. The van der Waals surface area contributed by atoms with Crippen molar-refractivity contribution in [3.63, 3.8) is 0 Å². The molecule has 5 nitrogen and oxygen atoms in total. The van der Waals surface area contributed by atoms with Crippen molar-refractivity contribution in [3.05, 3.63) is 58.1 Å². The van der Waals surface area contributed by atoms with Gasteiger partial charge < -0.3 is 15.4 Å². The zero-order chi connectivity index (χ0) is 17.8. The third-order valence-electron chi connectivity index (χ3n) is 3.61. The van der Waals surface area contributed by atoms with Crippen LogP contribution in [0.15, 0.2) is 42.5 Å². The van der Waals surface area contributed by atoms with Gasteiger partial charge in [0, 0.05) is 11.1 Å². The van der Waals surface area contributed by atoms with Crippen molar-refractivity contribution in [1.29, 1.82) is 0 Å². The number of anilines is 1. The van der Waals surface area contributed by atoms with Crippen molar-refractivity contribution in [2.24, 2.45) is 0 Å². The summed E-state index contributed by atoms with van der Waals surface area (Å²) >= 11 is 11.8. The van der Waals surface area contributed by atoms with Crippen molar-refractivity contribution in [3.8, 4) is 5.75 Å². The summed E-state index contributed by atoms with van der Waals surface area (Å²) in [7, 11) is 0. The molecule has 2 aromatic rings. The van der Waals surface area contributed by atoms with Gasteiger partial charge >= 0.3 is 0 Å². The molecule has 0 spiro atoms. The van der Waals surface area contributed by atoms with Gasteiger partial charge in [-0.25, -0.2) is 0 Å². The Morgan fingerprint density at radius 2 is 1.88 bits per heavy atom. The molecule has 2 amide bonds. The molecule has 0 aromatic heterocycles. The van der Waals surface area contributed by atoms with Crippen LogP contribution in [0.3, 0.4) is 0 Å². The molecule has 0 radical (unpaired) electrons. The van der Waals surface area contributed by atoms with E-state index in [1.54, 1.807) is 36.4 Å². The second kappa shape index (κ2) is 7.76. The predicted octanol–water partition coefficient (Wildman–Crippen LogP) is 3.90. The fourth-order valence-electron chi connectivity index (χ4n) is 2.20. The number of halogens is 2. The number of ether oxygens (including phenoxy) is 1. The quantitative estimate of drug-likeness (QED) is 0.800. The van der Waals surface area contributed by atoms with Crippen LogP contribution in [-0.2, 0) is 4.79 Å². The van der Waals surface area contributed by atoms with Crippen LogP contribution in [0.25, 0.3) is 0 Å². The molecule has 1 saturated carbocycles. The normalized spacial score (nSPS) is 13.2. The van der Waals surface area contributed by atoms with Gasteiger partial charge in [-0.3, -0.25) is 9.59 Å². The topological polar surface area (TPSA) is 67.4 Å². The van der Waals surface area contributed by atoms with E-state index in [9.17, 15) is 9.59 Å². The van der Waals surface area contributed by atoms with Gasteiger partial charge in [0.15, 0.2) is 6.61 Å². The third-order valence-corrected chi connectivity index (χ3v) is 4.14. The monoisotopic (exact) mass is 378 g/mol. The van der Waals surface area contributed by atoms with Gasteiger partial charge in [0.05, 0.1) is 16.3 Å². The summed E-state index contributed by atoms with van der Waals surface area (Å²) in [6.07, 6.45) is 1.99. The standard InChI is InChI=1S/C18H16Cl2N2O3/c19-11-5-8-16(14(20)9-11)25-10-17(23)22-15-4-2-1-3-13(15)18(24)21-12-6-7-12/h1-5,8-9,12H,6-7,10H2,(H,21,24)(H,22,23). The summed E-state index contributed by atoms with van der Waals surface area (Å²) in [5.41, 5.74) is 0.865. The minimum Gasteiger partial charge on any atom is -0.482 e. The Morgan fingerprint density at radius 3 is 2.60 bits per heavy atom. The Hall–Kier alpha value is -2.24. The molecule has 0 heterocycles. The number of carbonyl (C=O) groups is 2. The molecule has 7 heteroatoms. The highest BCUT2D eigenvalue weighted by atomic mass is 35.5. The lowest BCUT2D eigenvalue weighted by atomic mass is 10.1. The first-order chi connectivity index (χ1) is 12.0. The van der Waals surface area contributed by atoms with Crippen LogP contribution in [0.4, 0.5) is 5.69 Å². The number of carbonyl (C=O) groups excluding carboxylic acids is 2. The van der Waals surface area contributed by atoms with E-state index in [2.05, 4.69) is 10.6 Å². The van der Waals surface area contributed by atoms with E-state index in [0.717, 1.165) is 12.8 Å². The van der Waals surface area contributed by atoms with Gasteiger partial charge in [-0.1, -0.05) is 35.3 Å². The Labute approximate surface area is 155 Å². The van der Waals surface area contributed by atoms with Crippen molar-refractivity contribution in [1.82, 2.24) is 5.32 Å². The van der Waals surface area contributed by atoms with E-state index < -0.39 is 5.91 Å². The number of amides is 2. The van der Waals surface area contributed by atoms with Crippen molar-refractivity contribution in [2.75, 3.05) is 11.9 Å². The van der Waals surface area contributed by atoms with Crippen LogP contribution in [0.5, 0.6) is 5.75 Å². The van der Waals surface area contributed by atoms with E-state index in [0.29, 0.717) is 27.0 Å². The number of benzene rings is 2. The van der Waals surface area contributed by atoms with E-state index >= 15 is 0 Å². The summed E-state index contributed by atoms with van der Waals surface area (Å²) in [5, 5.41) is 6.40. The number of hydrogen-bond acceptors (Lipinski definition) is 3. The van der Waals surface area contributed by atoms with Crippen LogP contribution in [0.2, 0.25) is 10.0 Å². The van der Waals surface area contributed by atoms with Crippen LogP contribution >= 0.6 is 23.2 Å². The molecule has 0 bridgehead atoms. The lowest BCUT2D eigenvalue weighted by Crippen LogP contribution is -2.28. The number of hydrogen-bond donors (Lipinski definition) is 2. The van der Waals surface area contributed by atoms with Gasteiger partial charge in [-0.15, -0.1) is 0 Å². The molecular formula is C18H16Cl2N2O3. The summed E-state index contributed by atoms with van der Waals surface area (Å²) in [4.78, 5) is 24.4. The highest BCUT2D eigenvalue weighted by Gasteiger charge is 2.25. The fraction of sp³-hybridized carbons (Fsp3) is 0.222. The molecular weight excluding hydrogens is 363 g/mol. The first-order valence-electron chi connectivity index (χ1n) is 7.80. The summed E-state index contributed by atoms with van der Waals surface area (Å²) in [6, 6.07) is 11.8. The summed E-state index contributed by atoms with van der Waals surface area (Å²) in [5.74, 6) is -0.223. The highest BCUT2D eigenvalue weighted by molar-refractivity contribution is 6.35. The van der Waals surface area contributed by atoms with Crippen LogP contribution in [-0.4, -0.2) is 24.5 Å². The molecule has 0 aliphatic heterocycles. The predicted molar refractivity (Wildman–Crippen MR) is 97.5 cm³/mol. The van der Waals surface area contributed by atoms with Gasteiger partial charge in [0.25, 0.3) is 11.8 Å². The maximum Gasteiger partial charge on any atom is 0.262 e. The average molecular weight is 379 g/mol. The van der Waals surface area contributed by atoms with Gasteiger partial charge in [-0.05, 0) is 43.2 Å². The molecule has 1 aliphatic carbocycles. The van der Waals surface area contributed by atoms with Crippen LogP contribution < -0.4 is 15.4 Å². The molecule has 1 aliphatic rings. The fourth-order valence-corrected chi connectivity index (χ4v) is 2.67. The molecule has 130 valence electrons. The maximum atomic E-state index is 12.2. The van der Waals surface area contributed by atoms with Crippen LogP contribution in [0, 0.1) is 0 Å². The maximum absolute atomic E-state index is 12.2. The Balaban J connectivity index is 1.61. The van der Waals surface area contributed by atoms with E-state index in [-0.39, 0.29) is 18.6 Å². The molecule has 0 saturated heterocycles. The minimum atomic E-state index is -0.391. The molecule has 2 aromatic carbocycles. The van der Waals surface area contributed by atoms with Crippen LogP contribution in [0.1, 0.15) is 23.2 Å². The molecule has 0 atom stereocenters. The molecule has 25 heavy (non-hydrogen) atoms. The number of nitrogens with one attached hydrogen (secondary N) is 2. The van der Waals surface area contributed by atoms with Gasteiger partial charge in [0.2, 0.25) is 0 Å². The van der Waals surface area contributed by atoms with Crippen molar-refractivity contribution < 1.29 is 14.3 Å². The lowest BCUT2D eigenvalue weighted by Gasteiger charge is -2.12. The smallest absolute Gasteiger partial charge is 0.262 e.